The molecule has 0 aromatic heterocycles. The molecule has 4 nitrogen and oxygen atoms in total. The van der Waals surface area contributed by atoms with E-state index in [1.54, 1.807) is 0 Å². The Labute approximate surface area is 199 Å². The molecule has 2 aromatic rings. The lowest BCUT2D eigenvalue weighted by molar-refractivity contribution is -0.141. The molecule has 1 aliphatic carbocycles. The maximum absolute atomic E-state index is 13.9. The first kappa shape index (κ1) is 22.4. The van der Waals surface area contributed by atoms with Gasteiger partial charge in [-0.2, -0.15) is 0 Å². The fraction of sp³-hybridized carbons (Fsp3) is 0.481. The third-order valence-corrected chi connectivity index (χ3v) is 8.55. The first-order valence-electron chi connectivity index (χ1n) is 12.0. The number of benzene rings is 2. The molecule has 3 fully saturated rings. The highest BCUT2D eigenvalue weighted by Gasteiger charge is 2.50. The number of carbonyl (C=O) groups excluding carboxylic acids is 2. The van der Waals surface area contributed by atoms with E-state index in [0.29, 0.717) is 31.1 Å². The van der Waals surface area contributed by atoms with Crippen molar-refractivity contribution in [3.8, 4) is 0 Å². The Bertz CT molecular complexity index is 1040. The van der Waals surface area contributed by atoms with Crippen molar-refractivity contribution in [3.05, 3.63) is 70.5 Å². The van der Waals surface area contributed by atoms with Gasteiger partial charge in [0.05, 0.1) is 5.41 Å². The lowest BCUT2D eigenvalue weighted by Crippen LogP contribution is -2.55. The van der Waals surface area contributed by atoms with E-state index < -0.39 is 5.41 Å². The van der Waals surface area contributed by atoms with Crippen LogP contribution in [0.2, 0.25) is 5.02 Å². The molecule has 1 saturated carbocycles. The quantitative estimate of drug-likeness (QED) is 0.672. The summed E-state index contributed by atoms with van der Waals surface area (Å²) in [5.74, 6) is 0.146. The van der Waals surface area contributed by atoms with Crippen molar-refractivity contribution < 1.29 is 14.0 Å². The van der Waals surface area contributed by atoms with Gasteiger partial charge in [-0.1, -0.05) is 48.7 Å². The molecule has 0 bridgehead atoms. The molecule has 0 radical (unpaired) electrons. The highest BCUT2D eigenvalue weighted by Crippen LogP contribution is 2.50. The van der Waals surface area contributed by atoms with Crippen molar-refractivity contribution in [2.24, 2.45) is 5.41 Å². The summed E-state index contributed by atoms with van der Waals surface area (Å²) in [4.78, 5) is 28.3. The molecule has 2 saturated heterocycles. The van der Waals surface area contributed by atoms with Gasteiger partial charge in [-0.15, -0.1) is 0 Å². The Balaban J connectivity index is 1.38. The third kappa shape index (κ3) is 4.05. The van der Waals surface area contributed by atoms with Crippen LogP contribution in [0.25, 0.3) is 0 Å². The minimum absolute atomic E-state index is 0.0688. The summed E-state index contributed by atoms with van der Waals surface area (Å²) in [6.07, 6.45) is 5.81. The first-order chi connectivity index (χ1) is 15.9. The predicted molar refractivity (Wildman–Crippen MR) is 127 cm³/mol. The van der Waals surface area contributed by atoms with Gasteiger partial charge >= 0.3 is 0 Å². The van der Waals surface area contributed by atoms with Crippen LogP contribution in [-0.4, -0.2) is 36.3 Å². The van der Waals surface area contributed by atoms with E-state index >= 15 is 0 Å². The molecule has 2 amide bonds. The van der Waals surface area contributed by atoms with Crippen LogP contribution in [0.4, 0.5) is 4.39 Å². The minimum atomic E-state index is -0.490. The summed E-state index contributed by atoms with van der Waals surface area (Å²) in [7, 11) is 0. The second-order valence-corrected chi connectivity index (χ2v) is 10.5. The lowest BCUT2D eigenvalue weighted by atomic mass is 9.62. The second kappa shape index (κ2) is 8.75. The molecule has 2 aromatic carbocycles. The zero-order valence-electron chi connectivity index (χ0n) is 18.8. The number of piperidine rings is 2. The molecule has 1 N–H and O–H groups in total. The van der Waals surface area contributed by atoms with Crippen LogP contribution in [0.3, 0.4) is 0 Å². The van der Waals surface area contributed by atoms with Crippen LogP contribution in [-0.2, 0) is 15.0 Å². The van der Waals surface area contributed by atoms with Crippen LogP contribution >= 0.6 is 11.6 Å². The van der Waals surface area contributed by atoms with Crippen molar-refractivity contribution in [2.75, 3.05) is 19.6 Å². The number of carbonyl (C=O) groups is 2. The molecule has 3 aliphatic rings. The maximum atomic E-state index is 13.9. The maximum Gasteiger partial charge on any atom is 0.233 e. The zero-order valence-corrected chi connectivity index (χ0v) is 19.5. The van der Waals surface area contributed by atoms with E-state index in [0.717, 1.165) is 49.7 Å². The first-order valence-corrected chi connectivity index (χ1v) is 12.4. The van der Waals surface area contributed by atoms with E-state index in [-0.39, 0.29) is 29.0 Å². The Morgan fingerprint density at radius 2 is 1.73 bits per heavy atom. The SMILES string of the molecule is O=C1CC2(CCN(C(=O)C3(c4cccc(Cl)c4)CCCC3)CC2)C(c2ccc(F)cc2)CN1. The van der Waals surface area contributed by atoms with E-state index in [4.69, 9.17) is 11.6 Å². The smallest absolute Gasteiger partial charge is 0.233 e. The number of nitrogens with zero attached hydrogens (tertiary/aromatic N) is 1. The fourth-order valence-corrected chi connectivity index (χ4v) is 6.67. The highest BCUT2D eigenvalue weighted by atomic mass is 35.5. The number of nitrogens with one attached hydrogen (secondary N) is 1. The summed E-state index contributed by atoms with van der Waals surface area (Å²) in [5, 5.41) is 3.67. The van der Waals surface area contributed by atoms with Gasteiger partial charge in [0.15, 0.2) is 0 Å². The van der Waals surface area contributed by atoms with Crippen molar-refractivity contribution >= 4 is 23.4 Å². The third-order valence-electron chi connectivity index (χ3n) is 8.32. The predicted octanol–water partition coefficient (Wildman–Crippen LogP) is 5.20. The number of likely N-dealkylation sites (tertiary alicyclic amines) is 1. The molecule has 1 spiro atoms. The number of halogens is 2. The van der Waals surface area contributed by atoms with E-state index in [1.807, 2.05) is 41.3 Å². The average molecular weight is 469 g/mol. The molecular formula is C27H30ClFN2O2. The summed E-state index contributed by atoms with van der Waals surface area (Å²) >= 11 is 6.28. The van der Waals surface area contributed by atoms with Crippen LogP contribution in [0.15, 0.2) is 48.5 Å². The Morgan fingerprint density at radius 3 is 2.39 bits per heavy atom. The molecule has 174 valence electrons. The van der Waals surface area contributed by atoms with E-state index in [2.05, 4.69) is 5.32 Å². The van der Waals surface area contributed by atoms with Gasteiger partial charge in [0.1, 0.15) is 5.82 Å². The number of hydrogen-bond acceptors (Lipinski definition) is 2. The molecule has 6 heteroatoms. The van der Waals surface area contributed by atoms with Crippen LogP contribution in [0, 0.1) is 11.2 Å². The van der Waals surface area contributed by atoms with Gasteiger partial charge < -0.3 is 10.2 Å². The Morgan fingerprint density at radius 1 is 1.03 bits per heavy atom. The number of rotatable bonds is 3. The van der Waals surface area contributed by atoms with Crippen molar-refractivity contribution in [1.29, 1.82) is 0 Å². The standard InChI is InChI=1S/C27H30ClFN2O2/c28-21-5-3-4-20(16-21)27(10-1-2-11-27)25(33)31-14-12-26(13-15-31)17-24(32)30-18-23(26)19-6-8-22(29)9-7-19/h3-9,16,23H,1-2,10-15,17-18H2,(H,30,32). The molecule has 1 unspecified atom stereocenters. The summed E-state index contributed by atoms with van der Waals surface area (Å²) in [5.41, 5.74) is 1.40. The van der Waals surface area contributed by atoms with Crippen LogP contribution < -0.4 is 5.32 Å². The average Bonchev–Trinajstić information content (AvgIpc) is 3.31. The molecule has 1 atom stereocenters. The number of amides is 2. The fourth-order valence-electron chi connectivity index (χ4n) is 6.48. The van der Waals surface area contributed by atoms with Gasteiger partial charge in [0.2, 0.25) is 11.8 Å². The Kier molecular flexibility index (Phi) is 5.94. The summed E-state index contributed by atoms with van der Waals surface area (Å²) in [6.45, 7) is 1.85. The summed E-state index contributed by atoms with van der Waals surface area (Å²) < 4.78 is 13.5. The molecule has 33 heavy (non-hydrogen) atoms. The molecular weight excluding hydrogens is 439 g/mol. The second-order valence-electron chi connectivity index (χ2n) is 10.0. The highest BCUT2D eigenvalue weighted by molar-refractivity contribution is 6.30. The summed E-state index contributed by atoms with van der Waals surface area (Å²) in [6, 6.07) is 14.4. The number of hydrogen-bond donors (Lipinski definition) is 1. The van der Waals surface area contributed by atoms with Gasteiger partial charge in [0.25, 0.3) is 0 Å². The topological polar surface area (TPSA) is 49.4 Å². The van der Waals surface area contributed by atoms with Gasteiger partial charge in [0, 0.05) is 37.0 Å². The monoisotopic (exact) mass is 468 g/mol. The minimum Gasteiger partial charge on any atom is -0.355 e. The van der Waals surface area contributed by atoms with Gasteiger partial charge in [-0.3, -0.25) is 9.59 Å². The van der Waals surface area contributed by atoms with Crippen molar-refractivity contribution in [2.45, 2.75) is 56.3 Å². The van der Waals surface area contributed by atoms with Crippen LogP contribution in [0.5, 0.6) is 0 Å². The normalized spacial score (nSPS) is 24.0. The van der Waals surface area contributed by atoms with E-state index in [9.17, 15) is 14.0 Å². The lowest BCUT2D eigenvalue weighted by Gasteiger charge is -2.50. The van der Waals surface area contributed by atoms with Gasteiger partial charge in [-0.05, 0) is 66.5 Å². The Hall–Kier alpha value is -2.40. The van der Waals surface area contributed by atoms with Gasteiger partial charge in [-0.25, -0.2) is 4.39 Å². The largest absolute Gasteiger partial charge is 0.355 e. The molecule has 2 heterocycles. The van der Waals surface area contributed by atoms with Crippen LogP contribution in [0.1, 0.15) is 62.0 Å². The van der Waals surface area contributed by atoms with Crippen molar-refractivity contribution in [3.63, 3.8) is 0 Å². The zero-order chi connectivity index (χ0) is 23.1. The van der Waals surface area contributed by atoms with E-state index in [1.165, 1.54) is 12.1 Å². The molecule has 5 rings (SSSR count). The van der Waals surface area contributed by atoms with Crippen molar-refractivity contribution in [1.82, 2.24) is 10.2 Å². The molecule has 2 aliphatic heterocycles.